The third kappa shape index (κ3) is 3.92. The maximum Gasteiger partial charge on any atom is 0.241 e. The van der Waals surface area contributed by atoms with Gasteiger partial charge in [0.2, 0.25) is 15.9 Å². The predicted molar refractivity (Wildman–Crippen MR) is 97.9 cm³/mol. The lowest BCUT2D eigenvalue weighted by Crippen LogP contribution is -2.48. The van der Waals surface area contributed by atoms with Gasteiger partial charge in [0.15, 0.2) is 0 Å². The van der Waals surface area contributed by atoms with E-state index in [1.807, 2.05) is 31.3 Å². The van der Waals surface area contributed by atoms with Crippen LogP contribution in [0.25, 0.3) is 10.8 Å². The second kappa shape index (κ2) is 6.99. The fourth-order valence-electron chi connectivity index (χ4n) is 3.00. The summed E-state index contributed by atoms with van der Waals surface area (Å²) in [5.74, 6) is -0.0543. The molecule has 3 N–H and O–H groups in total. The number of likely N-dealkylation sites (N-methyl/N-ethyl adjacent to an activating group) is 1. The number of hydrogen-bond donors (Lipinski definition) is 2. The summed E-state index contributed by atoms with van der Waals surface area (Å²) in [6.45, 7) is 3.05. The van der Waals surface area contributed by atoms with Crippen molar-refractivity contribution in [2.24, 2.45) is 5.14 Å². The van der Waals surface area contributed by atoms with Gasteiger partial charge >= 0.3 is 0 Å². The van der Waals surface area contributed by atoms with Crippen LogP contribution in [0.15, 0.2) is 41.3 Å². The minimum Gasteiger partial charge on any atom is -0.375 e. The first-order valence-corrected chi connectivity index (χ1v) is 9.65. The van der Waals surface area contributed by atoms with E-state index in [0.717, 1.165) is 23.9 Å². The number of rotatable bonds is 4. The number of sulfonamides is 1. The zero-order valence-corrected chi connectivity index (χ0v) is 14.9. The number of anilines is 1. The predicted octanol–water partition coefficient (Wildman–Crippen LogP) is 0.673. The summed E-state index contributed by atoms with van der Waals surface area (Å²) in [4.78, 5) is 16.4. The highest BCUT2D eigenvalue weighted by Crippen LogP contribution is 2.30. The Morgan fingerprint density at radius 3 is 2.48 bits per heavy atom. The molecule has 1 amide bonds. The number of nitrogens with two attached hydrogens (primary N) is 1. The topological polar surface area (TPSA) is 95.7 Å². The maximum absolute atomic E-state index is 12.4. The van der Waals surface area contributed by atoms with Crippen LogP contribution in [-0.4, -0.2) is 63.9 Å². The molecule has 25 heavy (non-hydrogen) atoms. The quantitative estimate of drug-likeness (QED) is 0.834. The van der Waals surface area contributed by atoms with Crippen LogP contribution in [-0.2, 0) is 14.8 Å². The summed E-state index contributed by atoms with van der Waals surface area (Å²) >= 11 is 0. The van der Waals surface area contributed by atoms with Crippen molar-refractivity contribution in [2.75, 3.05) is 45.1 Å². The van der Waals surface area contributed by atoms with Gasteiger partial charge in [-0.05, 0) is 18.5 Å². The van der Waals surface area contributed by atoms with Crippen LogP contribution in [0, 0.1) is 0 Å². The van der Waals surface area contributed by atoms with Crippen molar-refractivity contribution in [1.82, 2.24) is 9.80 Å². The Hall–Kier alpha value is -2.16. The average molecular weight is 362 g/mol. The van der Waals surface area contributed by atoms with E-state index in [4.69, 9.17) is 5.14 Å². The third-order valence-electron chi connectivity index (χ3n) is 4.47. The van der Waals surface area contributed by atoms with Crippen LogP contribution in [0.5, 0.6) is 0 Å². The van der Waals surface area contributed by atoms with Crippen LogP contribution < -0.4 is 10.5 Å². The lowest BCUT2D eigenvalue weighted by atomic mass is 10.1. The second-order valence-corrected chi connectivity index (χ2v) is 7.77. The normalized spacial score (nSPS) is 16.2. The van der Waals surface area contributed by atoms with Crippen LogP contribution in [0.2, 0.25) is 0 Å². The molecule has 134 valence electrons. The number of amides is 1. The van der Waals surface area contributed by atoms with Crippen molar-refractivity contribution in [3.63, 3.8) is 0 Å². The minimum absolute atomic E-state index is 0.00243. The number of primary sulfonamides is 1. The first kappa shape index (κ1) is 17.7. The van der Waals surface area contributed by atoms with Crippen LogP contribution in [0.3, 0.4) is 0 Å². The molecule has 0 saturated carbocycles. The summed E-state index contributed by atoms with van der Waals surface area (Å²) in [7, 11) is -1.88. The van der Waals surface area contributed by atoms with Crippen LogP contribution >= 0.6 is 0 Å². The number of nitrogens with one attached hydrogen (secondary N) is 1. The largest absolute Gasteiger partial charge is 0.375 e. The number of nitrogens with zero attached hydrogens (tertiary/aromatic N) is 2. The van der Waals surface area contributed by atoms with Gasteiger partial charge in [-0.15, -0.1) is 0 Å². The Morgan fingerprint density at radius 1 is 1.12 bits per heavy atom. The first-order valence-electron chi connectivity index (χ1n) is 8.11. The molecular weight excluding hydrogens is 340 g/mol. The Kier molecular flexibility index (Phi) is 4.94. The van der Waals surface area contributed by atoms with Gasteiger partial charge in [0.25, 0.3) is 0 Å². The maximum atomic E-state index is 12.4. The number of fused-ring (bicyclic) bond motifs is 1. The van der Waals surface area contributed by atoms with Gasteiger partial charge in [-0.2, -0.15) is 0 Å². The Bertz CT molecular complexity index is 890. The summed E-state index contributed by atoms with van der Waals surface area (Å²) in [5, 5.41) is 9.95. The highest BCUT2D eigenvalue weighted by Gasteiger charge is 2.21. The molecular formula is C17H22N4O3S. The molecule has 1 heterocycles. The number of piperazine rings is 1. The first-order chi connectivity index (χ1) is 11.9. The Balaban J connectivity index is 1.86. The minimum atomic E-state index is -3.90. The number of hydrogen-bond acceptors (Lipinski definition) is 5. The SMILES string of the molecule is CN1CCN(C(=O)CNc2c(S(N)(=O)=O)ccc3ccccc23)CC1. The van der Waals surface area contributed by atoms with Crippen molar-refractivity contribution in [1.29, 1.82) is 0 Å². The number of carbonyl (C=O) groups excluding carboxylic acids is 1. The fourth-order valence-corrected chi connectivity index (χ4v) is 3.73. The van der Waals surface area contributed by atoms with Crippen molar-refractivity contribution < 1.29 is 13.2 Å². The van der Waals surface area contributed by atoms with Gasteiger partial charge in [0.05, 0.1) is 12.2 Å². The standard InChI is InChI=1S/C17H22N4O3S/c1-20-8-10-21(11-9-20)16(22)12-19-17-14-5-3-2-4-13(14)6-7-15(17)25(18,23)24/h2-7,19H,8-12H2,1H3,(H2,18,23,24). The molecule has 0 aliphatic carbocycles. The van der Waals surface area contributed by atoms with Crippen molar-refractivity contribution in [3.8, 4) is 0 Å². The molecule has 1 fully saturated rings. The molecule has 2 aromatic carbocycles. The third-order valence-corrected chi connectivity index (χ3v) is 5.42. The van der Waals surface area contributed by atoms with E-state index in [1.54, 1.807) is 11.0 Å². The zero-order valence-electron chi connectivity index (χ0n) is 14.1. The van der Waals surface area contributed by atoms with Gasteiger partial charge in [-0.1, -0.05) is 30.3 Å². The zero-order chi connectivity index (χ0) is 18.0. The van der Waals surface area contributed by atoms with E-state index >= 15 is 0 Å². The molecule has 0 unspecified atom stereocenters. The van der Waals surface area contributed by atoms with Gasteiger partial charge in [-0.25, -0.2) is 13.6 Å². The van der Waals surface area contributed by atoms with E-state index < -0.39 is 10.0 Å². The highest BCUT2D eigenvalue weighted by atomic mass is 32.2. The smallest absolute Gasteiger partial charge is 0.241 e. The van der Waals surface area contributed by atoms with E-state index in [1.165, 1.54) is 6.07 Å². The van der Waals surface area contributed by atoms with Gasteiger partial charge in [0, 0.05) is 31.6 Å². The molecule has 3 rings (SSSR count). The Labute approximate surface area is 147 Å². The summed E-state index contributed by atoms with van der Waals surface area (Å²) in [5.41, 5.74) is 0.378. The highest BCUT2D eigenvalue weighted by molar-refractivity contribution is 7.89. The lowest BCUT2D eigenvalue weighted by Gasteiger charge is -2.32. The average Bonchev–Trinajstić information content (AvgIpc) is 2.59. The van der Waals surface area contributed by atoms with Crippen molar-refractivity contribution in [2.45, 2.75) is 4.90 Å². The molecule has 0 spiro atoms. The molecule has 1 saturated heterocycles. The summed E-state index contributed by atoms with van der Waals surface area (Å²) in [6, 6.07) is 10.6. The van der Waals surface area contributed by atoms with Crippen molar-refractivity contribution in [3.05, 3.63) is 36.4 Å². The molecule has 8 heteroatoms. The summed E-state index contributed by atoms with van der Waals surface area (Å²) in [6.07, 6.45) is 0. The molecule has 0 radical (unpaired) electrons. The molecule has 0 aromatic heterocycles. The molecule has 2 aromatic rings. The Morgan fingerprint density at radius 2 is 1.80 bits per heavy atom. The van der Waals surface area contributed by atoms with Crippen molar-refractivity contribution >= 4 is 32.4 Å². The molecule has 1 aliphatic rings. The number of benzene rings is 2. The van der Waals surface area contributed by atoms with E-state index in [-0.39, 0.29) is 17.3 Å². The molecule has 0 bridgehead atoms. The van der Waals surface area contributed by atoms with E-state index in [9.17, 15) is 13.2 Å². The van der Waals surface area contributed by atoms with E-state index in [0.29, 0.717) is 18.8 Å². The lowest BCUT2D eigenvalue weighted by molar-refractivity contribution is -0.130. The van der Waals surface area contributed by atoms with Gasteiger partial charge in [-0.3, -0.25) is 4.79 Å². The van der Waals surface area contributed by atoms with Gasteiger partial charge < -0.3 is 15.1 Å². The molecule has 1 aliphatic heterocycles. The fraction of sp³-hybridized carbons (Fsp3) is 0.353. The summed E-state index contributed by atoms with van der Waals surface area (Å²) < 4.78 is 23.8. The van der Waals surface area contributed by atoms with Crippen LogP contribution in [0.4, 0.5) is 5.69 Å². The monoisotopic (exact) mass is 362 g/mol. The second-order valence-electron chi connectivity index (χ2n) is 6.24. The van der Waals surface area contributed by atoms with Crippen LogP contribution in [0.1, 0.15) is 0 Å². The molecule has 0 atom stereocenters. The molecule has 7 nitrogen and oxygen atoms in total. The number of carbonyl (C=O) groups is 1. The van der Waals surface area contributed by atoms with Gasteiger partial charge in [0.1, 0.15) is 4.90 Å². The van der Waals surface area contributed by atoms with E-state index in [2.05, 4.69) is 10.2 Å².